The van der Waals surface area contributed by atoms with E-state index < -0.39 is 0 Å². The van der Waals surface area contributed by atoms with Crippen LogP contribution in [0, 0.1) is 13.8 Å². The molecule has 472 valence electrons. The number of ether oxygens (including phenoxy) is 4. The number of hydrogen-bond acceptors (Lipinski definition) is 12. The van der Waals surface area contributed by atoms with Crippen LogP contribution in [0.3, 0.4) is 0 Å². The summed E-state index contributed by atoms with van der Waals surface area (Å²) in [6, 6.07) is 101. The topological polar surface area (TPSA) is 61.9 Å². The van der Waals surface area contributed by atoms with Crippen molar-refractivity contribution in [3.05, 3.63) is 290 Å². The molecule has 6 aliphatic rings. The van der Waals surface area contributed by atoms with Crippen LogP contribution in [-0.4, -0.2) is 26.4 Å². The van der Waals surface area contributed by atoms with E-state index in [2.05, 4.69) is 323 Å². The first-order valence-electron chi connectivity index (χ1n) is 33.8. The van der Waals surface area contributed by atoms with Gasteiger partial charge in [0.15, 0.2) is 0 Å². The molecule has 0 spiro atoms. The highest BCUT2D eigenvalue weighted by molar-refractivity contribution is 8.00. The van der Waals surface area contributed by atoms with Crippen molar-refractivity contribution in [2.45, 2.75) is 13.8 Å². The molecule has 6 aliphatic heterocycles. The number of fused-ring (bicyclic) bond motifs is 16. The summed E-state index contributed by atoms with van der Waals surface area (Å²) in [5.41, 5.74) is 23.3. The Balaban J connectivity index is 0.794. The van der Waals surface area contributed by atoms with Crippen LogP contribution < -0.4 is 91.1 Å². The molecule has 0 amide bonds. The average Bonchev–Trinajstić information content (AvgIpc) is 1.19. The number of hydrogen-bond donors (Lipinski definition) is 1. The summed E-state index contributed by atoms with van der Waals surface area (Å²) < 4.78 is 37.2. The predicted molar refractivity (Wildman–Crippen MR) is 423 cm³/mol. The Morgan fingerprint density at radius 2 is 0.740 bits per heavy atom. The summed E-state index contributed by atoms with van der Waals surface area (Å²) in [4.78, 5) is 6.97. The van der Waals surface area contributed by atoms with Gasteiger partial charge in [0.05, 0.1) is 28.4 Å². The number of para-hydroxylation sites is 4. The van der Waals surface area contributed by atoms with E-state index in [0.717, 1.165) is 163 Å². The number of benzene rings is 13. The highest BCUT2D eigenvalue weighted by Gasteiger charge is 2.50. The molecule has 1 N–H and O–H groups in total. The lowest BCUT2D eigenvalue weighted by Crippen LogP contribution is -2.63. The predicted octanol–water partition coefficient (Wildman–Crippen LogP) is 17.9. The number of thiophene rings is 2. The van der Waals surface area contributed by atoms with Crippen molar-refractivity contribution in [1.82, 2.24) is 0 Å². The Hall–Kier alpha value is -11.5. The maximum Gasteiger partial charge on any atom is 0.268 e. The van der Waals surface area contributed by atoms with Gasteiger partial charge in [0, 0.05) is 123 Å². The van der Waals surface area contributed by atoms with Gasteiger partial charge in [-0.15, -0.1) is 22.7 Å². The molecular weight excluding hydrogens is 1280 g/mol. The average molecular weight is 1340 g/mol. The second-order valence-corrected chi connectivity index (χ2v) is 29.4. The van der Waals surface area contributed by atoms with Crippen molar-refractivity contribution in [2.75, 3.05) is 30.6 Å². The molecule has 9 nitrogen and oxygen atoms in total. The third-order valence-corrected chi connectivity index (χ3v) is 23.8. The van der Waals surface area contributed by atoms with Crippen LogP contribution in [0.15, 0.2) is 279 Å². The summed E-state index contributed by atoms with van der Waals surface area (Å²) in [7, 11) is 0. The summed E-state index contributed by atoms with van der Waals surface area (Å²) in [5, 5.41) is 6.30. The lowest BCUT2D eigenvalue weighted by molar-refractivity contribution is 0.465. The van der Waals surface area contributed by atoms with Gasteiger partial charge in [0.2, 0.25) is 0 Å². The first-order valence-corrected chi connectivity index (χ1v) is 36.6. The van der Waals surface area contributed by atoms with E-state index in [0.29, 0.717) is 0 Å². The molecule has 0 saturated carbocycles. The van der Waals surface area contributed by atoms with Crippen LogP contribution in [-0.2, 0) is 0 Å². The monoisotopic (exact) mass is 1340 g/mol. The number of rotatable bonds is 10. The van der Waals surface area contributed by atoms with Crippen LogP contribution in [0.25, 0.3) is 20.2 Å². The van der Waals surface area contributed by atoms with Crippen LogP contribution >= 0.6 is 34.6 Å². The lowest BCUT2D eigenvalue weighted by Gasteiger charge is -2.41. The zero-order valence-corrected chi connectivity index (χ0v) is 56.9. The molecule has 0 saturated heterocycles. The molecule has 13 aromatic carbocycles. The number of aryl methyl sites for hydroxylation is 2. The molecule has 0 aliphatic carbocycles. The van der Waals surface area contributed by atoms with Gasteiger partial charge in [0.1, 0.15) is 46.0 Å². The zero-order valence-electron chi connectivity index (χ0n) is 54.4. The normalized spacial score (nSPS) is 13.3. The zero-order chi connectivity index (χ0) is 66.0. The van der Waals surface area contributed by atoms with Gasteiger partial charge in [-0.1, -0.05) is 145 Å². The fourth-order valence-electron chi connectivity index (χ4n) is 16.2. The molecular formula is C85H56B3N5O4S3. The summed E-state index contributed by atoms with van der Waals surface area (Å²) in [5.74, 6) is 6.51. The molecule has 100 heavy (non-hydrogen) atoms. The molecule has 21 rings (SSSR count). The van der Waals surface area contributed by atoms with E-state index in [1.54, 1.807) is 11.9 Å². The molecule has 15 aromatic rings. The minimum absolute atomic E-state index is 0.186. The highest BCUT2D eigenvalue weighted by atomic mass is 32.2. The fraction of sp³-hybridized carbons (Fsp3) is 0.0353. The van der Waals surface area contributed by atoms with Crippen LogP contribution in [0.2, 0.25) is 0 Å². The van der Waals surface area contributed by atoms with Crippen LogP contribution in [0.5, 0.6) is 46.0 Å². The summed E-state index contributed by atoms with van der Waals surface area (Å²) in [6.45, 7) is 3.57. The van der Waals surface area contributed by atoms with E-state index in [9.17, 15) is 0 Å². The van der Waals surface area contributed by atoms with Gasteiger partial charge in [0.25, 0.3) is 20.1 Å². The molecule has 0 bridgehead atoms. The van der Waals surface area contributed by atoms with E-state index in [1.807, 2.05) is 22.7 Å². The van der Waals surface area contributed by atoms with Gasteiger partial charge < -0.3 is 39.0 Å². The largest absolute Gasteiger partial charge is 0.458 e. The molecule has 0 radical (unpaired) electrons. The van der Waals surface area contributed by atoms with Crippen molar-refractivity contribution in [1.29, 1.82) is 0 Å². The Morgan fingerprint density at radius 1 is 0.330 bits per heavy atom. The second kappa shape index (κ2) is 22.3. The molecule has 15 heteroatoms. The third kappa shape index (κ3) is 8.78. The molecule has 0 atom stereocenters. The standard InChI is InChI=1S/C85H56B3N5O4S3/c1-50-32-36-56(37-33-50)92(57-38-34-51(2)35-39-57)58-40-68-79-73(42-58)96-82-61-28-16-18-30-77(61)99-84(82)87(79)63-46-65-71(48-67(63)89-68)94-75-44-60(91(54-24-12-6-13-25-54)55-26-14-7-15-27-55)45-76-81(75)86(65)66-47-64-69(49-72(66)95-76)93(98-3)70-41-59(90(52-20-8-4-9-21-52)53-22-10-5-11-23-53)43-74-80(70)88(64)85-83(97-74)62-29-17-19-31-78(62)100-85/h4-49,89H,1-3H3. The van der Waals surface area contributed by atoms with Crippen molar-refractivity contribution < 1.29 is 18.9 Å². The van der Waals surface area contributed by atoms with Crippen molar-refractivity contribution in [3.63, 3.8) is 0 Å². The summed E-state index contributed by atoms with van der Waals surface area (Å²) >= 11 is 5.35. The first kappa shape index (κ1) is 57.6. The number of anilines is 13. The number of nitrogens with zero attached hydrogens (tertiary/aromatic N) is 4. The van der Waals surface area contributed by atoms with E-state index >= 15 is 0 Å². The Kier molecular flexibility index (Phi) is 12.8. The fourth-order valence-corrected chi connectivity index (χ4v) is 19.5. The lowest BCUT2D eigenvalue weighted by atomic mass is 9.31. The van der Waals surface area contributed by atoms with E-state index in [4.69, 9.17) is 18.9 Å². The third-order valence-electron chi connectivity index (χ3n) is 20.6. The maximum atomic E-state index is 7.66. The van der Waals surface area contributed by atoms with Crippen molar-refractivity contribution in [3.8, 4) is 46.0 Å². The Labute approximate surface area is 592 Å². The maximum absolute atomic E-state index is 7.66. The second-order valence-electron chi connectivity index (χ2n) is 26.5. The van der Waals surface area contributed by atoms with Crippen LogP contribution in [0.4, 0.5) is 73.9 Å². The molecule has 2 aromatic heterocycles. The quantitative estimate of drug-likeness (QED) is 0.106. The smallest absolute Gasteiger partial charge is 0.268 e. The van der Waals surface area contributed by atoms with E-state index in [-0.39, 0.29) is 20.1 Å². The van der Waals surface area contributed by atoms with Crippen LogP contribution in [0.1, 0.15) is 11.1 Å². The van der Waals surface area contributed by atoms with Gasteiger partial charge in [-0.05, 0) is 168 Å². The number of nitrogens with one attached hydrogen (secondary N) is 1. The highest BCUT2D eigenvalue weighted by Crippen LogP contribution is 2.51. The summed E-state index contributed by atoms with van der Waals surface area (Å²) in [6.07, 6.45) is 2.18. The molecule has 0 fully saturated rings. The Morgan fingerprint density at radius 3 is 1.24 bits per heavy atom. The van der Waals surface area contributed by atoms with E-state index in [1.165, 1.54) is 35.5 Å². The minimum Gasteiger partial charge on any atom is -0.458 e. The van der Waals surface area contributed by atoms with Gasteiger partial charge in [-0.25, -0.2) is 0 Å². The van der Waals surface area contributed by atoms with Crippen molar-refractivity contribution in [2.24, 2.45) is 0 Å². The minimum atomic E-state index is -0.329. The molecule has 0 unspecified atom stereocenters. The SMILES string of the molecule is CSN1c2cc3c(cc2B2c4sc5ccccc5c4Oc4cc(N(c5ccccc5)c5ccccc5)cc1c42)B1c2cc4c(cc2Oc2cc(N(c5ccccc5)c5ccccc5)cc(c21)O3)Nc1cc(N(c2ccc(C)cc2)c2ccc(C)cc2)cc2c1B4c1sc3ccccc3c1O2. The molecule has 8 heterocycles. The van der Waals surface area contributed by atoms with Gasteiger partial charge in [-0.3, -0.25) is 4.31 Å². The van der Waals surface area contributed by atoms with Gasteiger partial charge in [-0.2, -0.15) is 0 Å². The first-order chi connectivity index (χ1) is 49.3. The van der Waals surface area contributed by atoms with Gasteiger partial charge >= 0.3 is 0 Å². The van der Waals surface area contributed by atoms with Crippen molar-refractivity contribution >= 4 is 197 Å². The Bertz CT molecular complexity index is 5780.